The van der Waals surface area contributed by atoms with Crippen molar-refractivity contribution in [1.82, 2.24) is 10.3 Å². The summed E-state index contributed by atoms with van der Waals surface area (Å²) >= 11 is 0. The Morgan fingerprint density at radius 2 is 2.14 bits per heavy atom. The number of nitrogens with one attached hydrogen (secondary N) is 1. The van der Waals surface area contributed by atoms with Crippen LogP contribution in [0.5, 0.6) is 0 Å². The minimum atomic E-state index is -0.323. The third-order valence-corrected chi connectivity index (χ3v) is 2.98. The molecule has 0 amide bonds. The van der Waals surface area contributed by atoms with Gasteiger partial charge < -0.3 is 14.8 Å². The molecule has 5 nitrogen and oxygen atoms in total. The smallest absolute Gasteiger partial charge is 0.332 e. The summed E-state index contributed by atoms with van der Waals surface area (Å²) in [5.41, 5.74) is 2.17. The van der Waals surface area contributed by atoms with Gasteiger partial charge in [-0.1, -0.05) is 24.3 Å². The van der Waals surface area contributed by atoms with Crippen molar-refractivity contribution in [3.8, 4) is 0 Å². The fourth-order valence-electron chi connectivity index (χ4n) is 2.04. The molecule has 0 saturated carbocycles. The first-order valence-corrected chi connectivity index (χ1v) is 7.08. The number of pyridine rings is 1. The largest absolute Gasteiger partial charge is 0.464 e. The van der Waals surface area contributed by atoms with Crippen LogP contribution in [0.25, 0.3) is 10.9 Å². The Kier molecular flexibility index (Phi) is 6.12. The zero-order valence-corrected chi connectivity index (χ0v) is 12.2. The number of benzene rings is 1. The van der Waals surface area contributed by atoms with E-state index in [9.17, 15) is 4.79 Å². The SMILES string of the molecule is CCOC(=O)COCCNCc1cccc2cccnc12. The first kappa shape index (κ1) is 15.4. The second kappa shape index (κ2) is 8.34. The Labute approximate surface area is 124 Å². The van der Waals surface area contributed by atoms with Gasteiger partial charge in [0.2, 0.25) is 0 Å². The molecular weight excluding hydrogens is 268 g/mol. The summed E-state index contributed by atoms with van der Waals surface area (Å²) in [6.07, 6.45) is 1.80. The Hall–Kier alpha value is -1.98. The van der Waals surface area contributed by atoms with E-state index in [-0.39, 0.29) is 12.6 Å². The summed E-state index contributed by atoms with van der Waals surface area (Å²) in [7, 11) is 0. The zero-order chi connectivity index (χ0) is 14.9. The standard InChI is InChI=1S/C16H20N2O3/c1-2-21-15(19)12-20-10-9-17-11-14-6-3-5-13-7-4-8-18-16(13)14/h3-8,17H,2,9-12H2,1H3. The highest BCUT2D eigenvalue weighted by atomic mass is 16.6. The maximum absolute atomic E-state index is 11.1. The normalized spacial score (nSPS) is 10.7. The highest BCUT2D eigenvalue weighted by Gasteiger charge is 2.02. The van der Waals surface area contributed by atoms with E-state index in [1.165, 1.54) is 0 Å². The molecule has 0 aliphatic carbocycles. The van der Waals surface area contributed by atoms with Crippen LogP contribution in [0.3, 0.4) is 0 Å². The highest BCUT2D eigenvalue weighted by Crippen LogP contribution is 2.15. The molecule has 1 aromatic heterocycles. The molecule has 0 atom stereocenters. The van der Waals surface area contributed by atoms with Gasteiger partial charge in [-0.2, -0.15) is 0 Å². The van der Waals surface area contributed by atoms with Crippen molar-refractivity contribution in [2.45, 2.75) is 13.5 Å². The Morgan fingerprint density at radius 1 is 1.29 bits per heavy atom. The topological polar surface area (TPSA) is 60.5 Å². The molecule has 0 saturated heterocycles. The summed E-state index contributed by atoms with van der Waals surface area (Å²) in [5.74, 6) is -0.323. The van der Waals surface area contributed by atoms with E-state index < -0.39 is 0 Å². The van der Waals surface area contributed by atoms with Crippen LogP contribution in [0.1, 0.15) is 12.5 Å². The van der Waals surface area contributed by atoms with E-state index >= 15 is 0 Å². The lowest BCUT2D eigenvalue weighted by Crippen LogP contribution is -2.22. The van der Waals surface area contributed by atoms with Gasteiger partial charge in [0, 0.05) is 24.7 Å². The number of hydrogen-bond acceptors (Lipinski definition) is 5. The average Bonchev–Trinajstić information content (AvgIpc) is 2.51. The lowest BCUT2D eigenvalue weighted by atomic mass is 10.1. The van der Waals surface area contributed by atoms with Crippen molar-refractivity contribution in [2.75, 3.05) is 26.4 Å². The fourth-order valence-corrected chi connectivity index (χ4v) is 2.04. The van der Waals surface area contributed by atoms with E-state index in [1.54, 1.807) is 13.1 Å². The molecule has 0 aliphatic heterocycles. The van der Waals surface area contributed by atoms with Crippen molar-refractivity contribution in [1.29, 1.82) is 0 Å². The molecule has 112 valence electrons. The fraction of sp³-hybridized carbons (Fsp3) is 0.375. The molecule has 21 heavy (non-hydrogen) atoms. The van der Waals surface area contributed by atoms with Crippen LogP contribution in [0, 0.1) is 0 Å². The number of carbonyl (C=O) groups is 1. The molecule has 2 aromatic rings. The van der Waals surface area contributed by atoms with Gasteiger partial charge in [-0.3, -0.25) is 4.98 Å². The van der Waals surface area contributed by atoms with E-state index in [4.69, 9.17) is 9.47 Å². The van der Waals surface area contributed by atoms with E-state index in [0.717, 1.165) is 23.0 Å². The van der Waals surface area contributed by atoms with Crippen molar-refractivity contribution < 1.29 is 14.3 Å². The van der Waals surface area contributed by atoms with Gasteiger partial charge in [-0.05, 0) is 18.6 Å². The predicted octanol–water partition coefficient (Wildman–Crippen LogP) is 1.90. The second-order valence-electron chi connectivity index (χ2n) is 4.53. The number of rotatable bonds is 8. The molecule has 0 aliphatic rings. The van der Waals surface area contributed by atoms with Crippen molar-refractivity contribution in [2.24, 2.45) is 0 Å². The summed E-state index contributed by atoms with van der Waals surface area (Å²) in [6, 6.07) is 10.1. The van der Waals surface area contributed by atoms with Gasteiger partial charge >= 0.3 is 5.97 Å². The van der Waals surface area contributed by atoms with E-state index in [0.29, 0.717) is 19.8 Å². The van der Waals surface area contributed by atoms with E-state index in [1.807, 2.05) is 24.3 Å². The molecule has 1 heterocycles. The minimum absolute atomic E-state index is 0.00530. The number of carbonyl (C=O) groups excluding carboxylic acids is 1. The van der Waals surface area contributed by atoms with Gasteiger partial charge in [0.25, 0.3) is 0 Å². The third-order valence-electron chi connectivity index (χ3n) is 2.98. The molecule has 5 heteroatoms. The molecule has 1 aromatic carbocycles. The minimum Gasteiger partial charge on any atom is -0.464 e. The Balaban J connectivity index is 1.72. The molecule has 1 N–H and O–H groups in total. The number of aromatic nitrogens is 1. The number of ether oxygens (including phenoxy) is 2. The number of fused-ring (bicyclic) bond motifs is 1. The first-order valence-electron chi connectivity index (χ1n) is 7.08. The molecule has 0 spiro atoms. The van der Waals surface area contributed by atoms with E-state index in [2.05, 4.69) is 16.4 Å². The maximum Gasteiger partial charge on any atom is 0.332 e. The summed E-state index contributed by atoms with van der Waals surface area (Å²) in [5, 5.41) is 4.42. The zero-order valence-electron chi connectivity index (χ0n) is 12.2. The molecule has 0 unspecified atom stereocenters. The van der Waals surface area contributed by atoms with Crippen LogP contribution >= 0.6 is 0 Å². The molecule has 0 bridgehead atoms. The number of para-hydroxylation sites is 1. The van der Waals surface area contributed by atoms with Gasteiger partial charge in [-0.15, -0.1) is 0 Å². The average molecular weight is 288 g/mol. The summed E-state index contributed by atoms with van der Waals surface area (Å²) in [6.45, 7) is 4.02. The monoisotopic (exact) mass is 288 g/mol. The second-order valence-corrected chi connectivity index (χ2v) is 4.53. The van der Waals surface area contributed by atoms with Crippen LogP contribution in [-0.4, -0.2) is 37.3 Å². The highest BCUT2D eigenvalue weighted by molar-refractivity contribution is 5.81. The Bertz CT molecular complexity index is 581. The van der Waals surface area contributed by atoms with Gasteiger partial charge in [0.1, 0.15) is 6.61 Å². The lowest BCUT2D eigenvalue weighted by Gasteiger charge is -2.08. The van der Waals surface area contributed by atoms with Crippen LogP contribution in [0.15, 0.2) is 36.5 Å². The Morgan fingerprint density at radius 3 is 3.00 bits per heavy atom. The van der Waals surface area contributed by atoms with Crippen molar-refractivity contribution in [3.05, 3.63) is 42.1 Å². The van der Waals surface area contributed by atoms with Crippen LogP contribution < -0.4 is 5.32 Å². The first-order chi connectivity index (χ1) is 10.3. The number of esters is 1. The van der Waals surface area contributed by atoms with Crippen LogP contribution in [0.2, 0.25) is 0 Å². The number of hydrogen-bond donors (Lipinski definition) is 1. The van der Waals surface area contributed by atoms with Gasteiger partial charge in [0.05, 0.1) is 18.7 Å². The molecule has 2 rings (SSSR count). The van der Waals surface area contributed by atoms with Gasteiger partial charge in [-0.25, -0.2) is 4.79 Å². The lowest BCUT2D eigenvalue weighted by molar-refractivity contribution is -0.148. The molecular formula is C16H20N2O3. The maximum atomic E-state index is 11.1. The summed E-state index contributed by atoms with van der Waals surface area (Å²) in [4.78, 5) is 15.5. The van der Waals surface area contributed by atoms with Crippen molar-refractivity contribution >= 4 is 16.9 Å². The third kappa shape index (κ3) is 4.81. The van der Waals surface area contributed by atoms with Crippen LogP contribution in [-0.2, 0) is 20.8 Å². The summed E-state index contributed by atoms with van der Waals surface area (Å²) < 4.78 is 9.99. The van der Waals surface area contributed by atoms with Crippen molar-refractivity contribution in [3.63, 3.8) is 0 Å². The molecule has 0 radical (unpaired) electrons. The number of nitrogens with zero attached hydrogens (tertiary/aromatic N) is 1. The quantitative estimate of drug-likeness (QED) is 0.594. The van der Waals surface area contributed by atoms with Gasteiger partial charge in [0.15, 0.2) is 0 Å². The van der Waals surface area contributed by atoms with Crippen LogP contribution in [0.4, 0.5) is 0 Å². The predicted molar refractivity (Wildman–Crippen MR) is 80.9 cm³/mol. The molecule has 0 fully saturated rings.